The number of ether oxygens (including phenoxy) is 2. The Morgan fingerprint density at radius 1 is 1.43 bits per heavy atom. The molecule has 0 saturated carbocycles. The molecule has 0 aliphatic rings. The largest absolute Gasteiger partial charge is 0.462 e. The first-order chi connectivity index (χ1) is 6.56. The van der Waals surface area contributed by atoms with E-state index in [0.29, 0.717) is 6.42 Å². The van der Waals surface area contributed by atoms with Gasteiger partial charge < -0.3 is 9.47 Å². The number of hydrogen-bond acceptors (Lipinski definition) is 4. The smallest absolute Gasteiger partial charge is 0.305 e. The summed E-state index contributed by atoms with van der Waals surface area (Å²) in [5.74, 6) is -0.692. The molecule has 0 bridgehead atoms. The van der Waals surface area contributed by atoms with Gasteiger partial charge in [-0.2, -0.15) is 0 Å². The predicted molar refractivity (Wildman–Crippen MR) is 51.4 cm³/mol. The Bertz CT molecular complexity index is 189. The second-order valence-corrected chi connectivity index (χ2v) is 3.02. The number of esters is 2. The Morgan fingerprint density at radius 3 is 2.57 bits per heavy atom. The molecule has 4 heteroatoms. The SMILES string of the molecule is [CH2]C(COC(=O)CCCC)OC(C)=O. The van der Waals surface area contributed by atoms with E-state index in [0.717, 1.165) is 12.8 Å². The number of hydrogen-bond donors (Lipinski definition) is 0. The molecule has 0 aromatic heterocycles. The number of rotatable bonds is 6. The molecule has 14 heavy (non-hydrogen) atoms. The van der Waals surface area contributed by atoms with Crippen molar-refractivity contribution in [2.24, 2.45) is 0 Å². The van der Waals surface area contributed by atoms with Crippen molar-refractivity contribution in [3.63, 3.8) is 0 Å². The Labute approximate surface area is 84.6 Å². The monoisotopic (exact) mass is 201 g/mol. The summed E-state index contributed by atoms with van der Waals surface area (Å²) in [6.45, 7) is 6.83. The van der Waals surface area contributed by atoms with E-state index in [1.807, 2.05) is 6.92 Å². The van der Waals surface area contributed by atoms with Crippen LogP contribution in [0.3, 0.4) is 0 Å². The molecule has 0 amide bonds. The van der Waals surface area contributed by atoms with E-state index in [4.69, 9.17) is 4.74 Å². The number of unbranched alkanes of at least 4 members (excludes halogenated alkanes) is 1. The highest BCUT2D eigenvalue weighted by molar-refractivity contribution is 5.69. The van der Waals surface area contributed by atoms with Crippen molar-refractivity contribution in [2.45, 2.75) is 39.2 Å². The van der Waals surface area contributed by atoms with Crippen LogP contribution in [-0.2, 0) is 19.1 Å². The van der Waals surface area contributed by atoms with E-state index in [1.54, 1.807) is 0 Å². The number of carbonyl (C=O) groups excluding carboxylic acids is 2. The Morgan fingerprint density at radius 2 is 2.07 bits per heavy atom. The summed E-state index contributed by atoms with van der Waals surface area (Å²) >= 11 is 0. The summed E-state index contributed by atoms with van der Waals surface area (Å²) in [6, 6.07) is 0. The van der Waals surface area contributed by atoms with E-state index < -0.39 is 12.1 Å². The molecule has 0 fully saturated rings. The van der Waals surface area contributed by atoms with Gasteiger partial charge in [0, 0.05) is 13.3 Å². The van der Waals surface area contributed by atoms with Gasteiger partial charge in [0.15, 0.2) is 0 Å². The van der Waals surface area contributed by atoms with Gasteiger partial charge >= 0.3 is 11.9 Å². The first-order valence-electron chi connectivity index (χ1n) is 4.72. The van der Waals surface area contributed by atoms with E-state index in [2.05, 4.69) is 11.7 Å². The van der Waals surface area contributed by atoms with E-state index in [9.17, 15) is 9.59 Å². The molecule has 0 rings (SSSR count). The molecule has 4 nitrogen and oxygen atoms in total. The van der Waals surface area contributed by atoms with Crippen LogP contribution in [0.1, 0.15) is 33.1 Å². The van der Waals surface area contributed by atoms with Crippen LogP contribution >= 0.6 is 0 Å². The lowest BCUT2D eigenvalue weighted by Crippen LogP contribution is -2.21. The summed E-state index contributed by atoms with van der Waals surface area (Å²) in [4.78, 5) is 21.5. The van der Waals surface area contributed by atoms with Gasteiger partial charge in [0.1, 0.15) is 12.7 Å². The van der Waals surface area contributed by atoms with Crippen LogP contribution in [0, 0.1) is 6.92 Å². The third-order valence-electron chi connectivity index (χ3n) is 1.50. The van der Waals surface area contributed by atoms with Crippen molar-refractivity contribution in [3.05, 3.63) is 6.92 Å². The lowest BCUT2D eigenvalue weighted by molar-refractivity contribution is -0.155. The van der Waals surface area contributed by atoms with Crippen molar-refractivity contribution in [1.29, 1.82) is 0 Å². The molecule has 0 saturated heterocycles. The topological polar surface area (TPSA) is 52.6 Å². The van der Waals surface area contributed by atoms with E-state index >= 15 is 0 Å². The maximum atomic E-state index is 11.0. The van der Waals surface area contributed by atoms with E-state index in [-0.39, 0.29) is 12.6 Å². The summed E-state index contributed by atoms with van der Waals surface area (Å²) < 4.78 is 9.51. The van der Waals surface area contributed by atoms with Crippen molar-refractivity contribution in [1.82, 2.24) is 0 Å². The second-order valence-electron chi connectivity index (χ2n) is 3.02. The van der Waals surface area contributed by atoms with E-state index in [1.165, 1.54) is 6.92 Å². The highest BCUT2D eigenvalue weighted by Gasteiger charge is 2.08. The number of carbonyl (C=O) groups is 2. The van der Waals surface area contributed by atoms with Gasteiger partial charge in [-0.25, -0.2) is 0 Å². The fraction of sp³-hybridized carbons (Fsp3) is 0.700. The third-order valence-corrected chi connectivity index (χ3v) is 1.50. The molecule has 0 spiro atoms. The van der Waals surface area contributed by atoms with Crippen LogP contribution in [0.25, 0.3) is 0 Å². The lowest BCUT2D eigenvalue weighted by atomic mass is 10.2. The van der Waals surface area contributed by atoms with Crippen molar-refractivity contribution < 1.29 is 19.1 Å². The summed E-state index contributed by atoms with van der Waals surface area (Å²) in [5, 5.41) is 0. The van der Waals surface area contributed by atoms with Gasteiger partial charge in [-0.15, -0.1) is 0 Å². The zero-order chi connectivity index (χ0) is 11.0. The predicted octanol–water partition coefficient (Wildman–Crippen LogP) is 1.49. The van der Waals surface area contributed by atoms with Crippen molar-refractivity contribution in [3.8, 4) is 0 Å². The fourth-order valence-electron chi connectivity index (χ4n) is 0.848. The summed E-state index contributed by atoms with van der Waals surface area (Å²) in [7, 11) is 0. The third kappa shape index (κ3) is 7.58. The molecular weight excluding hydrogens is 184 g/mol. The maximum Gasteiger partial charge on any atom is 0.305 e. The highest BCUT2D eigenvalue weighted by atomic mass is 16.6. The first-order valence-corrected chi connectivity index (χ1v) is 4.72. The molecule has 0 heterocycles. The Kier molecular flexibility index (Phi) is 6.80. The first kappa shape index (κ1) is 12.9. The zero-order valence-electron chi connectivity index (χ0n) is 8.75. The highest BCUT2D eigenvalue weighted by Crippen LogP contribution is 1.98. The van der Waals surface area contributed by atoms with Crippen LogP contribution in [0.15, 0.2) is 0 Å². The average Bonchev–Trinajstić information content (AvgIpc) is 2.10. The molecular formula is C10H17O4. The second kappa shape index (κ2) is 7.35. The minimum Gasteiger partial charge on any atom is -0.462 e. The quantitative estimate of drug-likeness (QED) is 0.611. The zero-order valence-corrected chi connectivity index (χ0v) is 8.75. The minimum atomic E-state index is -0.613. The molecule has 0 aliphatic heterocycles. The molecule has 1 radical (unpaired) electrons. The van der Waals surface area contributed by atoms with Gasteiger partial charge in [-0.1, -0.05) is 13.3 Å². The molecule has 1 unspecified atom stereocenters. The normalized spacial score (nSPS) is 11.9. The van der Waals surface area contributed by atoms with Crippen LogP contribution in [0.5, 0.6) is 0 Å². The minimum absolute atomic E-state index is 0.0299. The van der Waals surface area contributed by atoms with Crippen molar-refractivity contribution >= 4 is 11.9 Å². The van der Waals surface area contributed by atoms with Gasteiger partial charge in [-0.3, -0.25) is 9.59 Å². The Balaban J connectivity index is 3.50. The summed E-state index contributed by atoms with van der Waals surface area (Å²) in [6.07, 6.45) is 1.56. The molecule has 1 atom stereocenters. The van der Waals surface area contributed by atoms with Gasteiger partial charge in [-0.05, 0) is 13.3 Å². The molecule has 0 aliphatic carbocycles. The lowest BCUT2D eigenvalue weighted by Gasteiger charge is -2.11. The maximum absolute atomic E-state index is 11.0. The molecule has 0 aromatic carbocycles. The molecule has 0 aromatic rings. The molecule has 81 valence electrons. The van der Waals surface area contributed by atoms with Gasteiger partial charge in [0.05, 0.1) is 0 Å². The van der Waals surface area contributed by atoms with Crippen LogP contribution in [0.4, 0.5) is 0 Å². The Hall–Kier alpha value is -1.06. The van der Waals surface area contributed by atoms with Gasteiger partial charge in [0.2, 0.25) is 0 Å². The van der Waals surface area contributed by atoms with Crippen LogP contribution < -0.4 is 0 Å². The van der Waals surface area contributed by atoms with Crippen molar-refractivity contribution in [2.75, 3.05) is 6.61 Å². The van der Waals surface area contributed by atoms with Gasteiger partial charge in [0.25, 0.3) is 0 Å². The fourth-order valence-corrected chi connectivity index (χ4v) is 0.848. The van der Waals surface area contributed by atoms with Crippen LogP contribution in [0.2, 0.25) is 0 Å². The molecule has 0 N–H and O–H groups in total. The standard InChI is InChI=1S/C10H17O4/c1-4-5-6-10(12)13-7-8(2)14-9(3)11/h8H,2,4-7H2,1,3H3. The van der Waals surface area contributed by atoms with Crippen LogP contribution in [-0.4, -0.2) is 24.6 Å². The average molecular weight is 201 g/mol. The summed E-state index contributed by atoms with van der Waals surface area (Å²) in [5.41, 5.74) is 0.